The fourth-order valence-corrected chi connectivity index (χ4v) is 2.03. The molecule has 2 aromatic carbocycles. The lowest BCUT2D eigenvalue weighted by Crippen LogP contribution is -2.33. The third-order valence-corrected chi connectivity index (χ3v) is 3.38. The molecule has 0 fully saturated rings. The molecule has 1 amide bonds. The topological polar surface area (TPSA) is 50.7 Å². The van der Waals surface area contributed by atoms with Crippen molar-refractivity contribution in [1.82, 2.24) is 5.43 Å². The number of carbonyl (C=O) groups excluding carboxylic acids is 1. The van der Waals surface area contributed by atoms with E-state index < -0.39 is 6.10 Å². The van der Waals surface area contributed by atoms with Crippen molar-refractivity contribution in [2.45, 2.75) is 20.0 Å². The van der Waals surface area contributed by atoms with Crippen molar-refractivity contribution >= 4 is 29.8 Å². The Morgan fingerprint density at radius 1 is 1.17 bits per heavy atom. The average molecular weight is 343 g/mol. The van der Waals surface area contributed by atoms with Crippen LogP contribution < -0.4 is 10.2 Å². The Kier molecular flexibility index (Phi) is 6.58. The average Bonchev–Trinajstić information content (AvgIpc) is 2.57. The second kappa shape index (κ2) is 8.89. The van der Waals surface area contributed by atoms with Gasteiger partial charge in [0.2, 0.25) is 0 Å². The van der Waals surface area contributed by atoms with E-state index in [2.05, 4.69) is 10.5 Å². The highest BCUT2D eigenvalue weighted by Gasteiger charge is 2.13. The maximum Gasteiger partial charge on any atom is 0.280 e. The molecule has 0 bridgehead atoms. The smallest absolute Gasteiger partial charge is 0.280 e. The van der Waals surface area contributed by atoms with Gasteiger partial charge in [0.05, 0.1) is 6.21 Å². The maximum absolute atomic E-state index is 12.0. The van der Waals surface area contributed by atoms with Crippen LogP contribution in [0.2, 0.25) is 5.02 Å². The summed E-state index contributed by atoms with van der Waals surface area (Å²) in [4.78, 5) is 12.0. The van der Waals surface area contributed by atoms with Gasteiger partial charge in [0.1, 0.15) is 5.75 Å². The quantitative estimate of drug-likeness (QED) is 0.628. The minimum Gasteiger partial charge on any atom is -0.481 e. The summed E-state index contributed by atoms with van der Waals surface area (Å²) in [5, 5.41) is 4.57. The summed E-state index contributed by atoms with van der Waals surface area (Å²) in [5.41, 5.74) is 4.47. The number of allylic oxidation sites excluding steroid dienone is 1. The molecule has 2 rings (SSSR count). The molecule has 0 aliphatic rings. The Hall–Kier alpha value is -2.59. The summed E-state index contributed by atoms with van der Waals surface area (Å²) < 4.78 is 5.53. The van der Waals surface area contributed by atoms with Gasteiger partial charge in [0.25, 0.3) is 5.91 Å². The molecule has 0 heterocycles. The number of hydrogen-bond acceptors (Lipinski definition) is 3. The first kappa shape index (κ1) is 17.8. The number of amides is 1. The Labute approximate surface area is 146 Å². The molecule has 0 unspecified atom stereocenters. The zero-order valence-corrected chi connectivity index (χ0v) is 14.3. The predicted molar refractivity (Wildman–Crippen MR) is 98.3 cm³/mol. The summed E-state index contributed by atoms with van der Waals surface area (Å²) >= 11 is 5.81. The van der Waals surface area contributed by atoms with Crippen LogP contribution in [0.4, 0.5) is 0 Å². The number of carbonyl (C=O) groups is 1. The highest BCUT2D eigenvalue weighted by Crippen LogP contribution is 2.16. The zero-order chi connectivity index (χ0) is 17.4. The second-order valence-corrected chi connectivity index (χ2v) is 5.68. The van der Waals surface area contributed by atoms with E-state index in [1.165, 1.54) is 0 Å². The fraction of sp³-hybridized carbons (Fsp3) is 0.158. The van der Waals surface area contributed by atoms with Crippen molar-refractivity contribution in [2.75, 3.05) is 0 Å². The van der Waals surface area contributed by atoms with Gasteiger partial charge in [-0.15, -0.1) is 0 Å². The molecule has 0 aliphatic heterocycles. The molecule has 0 spiro atoms. The number of halogens is 1. The number of hydrogen-bond donors (Lipinski definition) is 1. The molecule has 0 saturated carbocycles. The van der Waals surface area contributed by atoms with E-state index in [-0.39, 0.29) is 5.91 Å². The van der Waals surface area contributed by atoms with E-state index in [0.717, 1.165) is 11.1 Å². The lowest BCUT2D eigenvalue weighted by Gasteiger charge is -2.12. The molecule has 5 heteroatoms. The van der Waals surface area contributed by atoms with Crippen molar-refractivity contribution in [3.8, 4) is 5.75 Å². The third-order valence-electron chi connectivity index (χ3n) is 3.13. The van der Waals surface area contributed by atoms with Crippen LogP contribution in [0.25, 0.3) is 6.08 Å². The van der Waals surface area contributed by atoms with Crippen molar-refractivity contribution in [1.29, 1.82) is 0 Å². The minimum atomic E-state index is -0.665. The molecule has 0 aromatic heterocycles. The van der Waals surface area contributed by atoms with Gasteiger partial charge in [-0.25, -0.2) is 5.43 Å². The van der Waals surface area contributed by atoms with Crippen LogP contribution in [0.5, 0.6) is 5.75 Å². The fourth-order valence-electron chi connectivity index (χ4n) is 1.91. The molecule has 0 radical (unpaired) electrons. The Bertz CT molecular complexity index is 725. The van der Waals surface area contributed by atoms with E-state index in [9.17, 15) is 4.79 Å². The van der Waals surface area contributed by atoms with Crippen molar-refractivity contribution < 1.29 is 9.53 Å². The van der Waals surface area contributed by atoms with E-state index in [1.54, 1.807) is 37.4 Å². The van der Waals surface area contributed by atoms with Crippen LogP contribution in [-0.4, -0.2) is 18.2 Å². The van der Waals surface area contributed by atoms with E-state index in [0.29, 0.717) is 10.8 Å². The van der Waals surface area contributed by atoms with Crippen LogP contribution in [0.15, 0.2) is 65.3 Å². The summed E-state index contributed by atoms with van der Waals surface area (Å²) in [6.45, 7) is 3.57. The summed E-state index contributed by atoms with van der Waals surface area (Å²) in [7, 11) is 0. The normalized spacial score (nSPS) is 12.9. The number of nitrogens with zero attached hydrogens (tertiary/aromatic N) is 1. The summed E-state index contributed by atoms with van der Waals surface area (Å²) in [6.07, 6.45) is 2.91. The first-order valence-electron chi connectivity index (χ1n) is 7.53. The second-order valence-electron chi connectivity index (χ2n) is 5.25. The largest absolute Gasteiger partial charge is 0.481 e. The number of rotatable bonds is 6. The first-order valence-corrected chi connectivity index (χ1v) is 7.91. The van der Waals surface area contributed by atoms with Crippen LogP contribution >= 0.6 is 11.6 Å². The summed E-state index contributed by atoms with van der Waals surface area (Å²) in [5.74, 6) is 0.250. The first-order chi connectivity index (χ1) is 11.5. The van der Waals surface area contributed by atoms with Crippen molar-refractivity contribution in [2.24, 2.45) is 5.10 Å². The van der Waals surface area contributed by atoms with Gasteiger partial charge in [-0.05, 0) is 49.2 Å². The number of hydrazone groups is 1. The van der Waals surface area contributed by atoms with Gasteiger partial charge in [0, 0.05) is 5.02 Å². The van der Waals surface area contributed by atoms with E-state index in [1.807, 2.05) is 43.3 Å². The third kappa shape index (κ3) is 5.89. The molecular weight excluding hydrogens is 324 g/mol. The monoisotopic (exact) mass is 342 g/mol. The highest BCUT2D eigenvalue weighted by molar-refractivity contribution is 6.30. The molecule has 1 atom stereocenters. The van der Waals surface area contributed by atoms with Crippen molar-refractivity contribution in [3.63, 3.8) is 0 Å². The standard InChI is InChI=1S/C19H19ClN2O2/c1-14(12-16-6-4-3-5-7-16)13-21-22-19(23)15(2)24-18-10-8-17(20)9-11-18/h3-13,15H,1-2H3,(H,22,23)/b14-12-,21-13-/t15-/m0/s1. The molecular formula is C19H19ClN2O2. The molecule has 4 nitrogen and oxygen atoms in total. The summed E-state index contributed by atoms with van der Waals surface area (Å²) in [6, 6.07) is 16.7. The highest BCUT2D eigenvalue weighted by atomic mass is 35.5. The Balaban J connectivity index is 1.85. The Morgan fingerprint density at radius 3 is 2.50 bits per heavy atom. The Morgan fingerprint density at radius 2 is 1.83 bits per heavy atom. The van der Waals surface area contributed by atoms with Crippen molar-refractivity contribution in [3.05, 3.63) is 70.8 Å². The SMILES string of the molecule is CC(/C=N\NC(=O)[C@H](C)Oc1ccc(Cl)cc1)=C/c1ccccc1. The number of ether oxygens (including phenoxy) is 1. The number of nitrogens with one attached hydrogen (secondary N) is 1. The van der Waals surface area contributed by atoms with Gasteiger partial charge in [-0.1, -0.05) is 48.0 Å². The van der Waals surface area contributed by atoms with Crippen LogP contribution in [0, 0.1) is 0 Å². The van der Waals surface area contributed by atoms with Gasteiger partial charge >= 0.3 is 0 Å². The molecule has 0 aliphatic carbocycles. The maximum atomic E-state index is 12.0. The van der Waals surface area contributed by atoms with E-state index in [4.69, 9.17) is 16.3 Å². The molecule has 24 heavy (non-hydrogen) atoms. The van der Waals surface area contributed by atoms with Gasteiger partial charge in [-0.2, -0.15) is 5.10 Å². The lowest BCUT2D eigenvalue weighted by molar-refractivity contribution is -0.127. The van der Waals surface area contributed by atoms with Crippen LogP contribution in [-0.2, 0) is 4.79 Å². The minimum absolute atomic E-state index is 0.325. The van der Waals surface area contributed by atoms with Gasteiger partial charge in [0.15, 0.2) is 6.10 Å². The molecule has 124 valence electrons. The molecule has 2 aromatic rings. The lowest BCUT2D eigenvalue weighted by atomic mass is 10.1. The zero-order valence-electron chi connectivity index (χ0n) is 13.6. The number of benzene rings is 2. The molecule has 1 N–H and O–H groups in total. The molecule has 0 saturated heterocycles. The predicted octanol–water partition coefficient (Wildman–Crippen LogP) is 4.31. The van der Waals surface area contributed by atoms with Gasteiger partial charge < -0.3 is 4.74 Å². The van der Waals surface area contributed by atoms with Crippen LogP contribution in [0.1, 0.15) is 19.4 Å². The van der Waals surface area contributed by atoms with E-state index >= 15 is 0 Å². The van der Waals surface area contributed by atoms with Gasteiger partial charge in [-0.3, -0.25) is 4.79 Å². The van der Waals surface area contributed by atoms with Crippen LogP contribution in [0.3, 0.4) is 0 Å².